The van der Waals surface area contributed by atoms with Crippen molar-refractivity contribution in [2.45, 2.75) is 32.6 Å². The van der Waals surface area contributed by atoms with E-state index >= 15 is 0 Å². The quantitative estimate of drug-likeness (QED) is 0.473. The first-order valence-electron chi connectivity index (χ1n) is 9.82. The average Bonchev–Trinajstić information content (AvgIpc) is 2.71. The van der Waals surface area contributed by atoms with E-state index in [4.69, 9.17) is 0 Å². The Morgan fingerprint density at radius 1 is 1.00 bits per heavy atom. The fourth-order valence-electron chi connectivity index (χ4n) is 4.59. The highest BCUT2D eigenvalue weighted by Gasteiger charge is 2.25. The Kier molecular flexibility index (Phi) is 3.98. The zero-order chi connectivity index (χ0) is 20.1. The molecule has 0 radical (unpaired) electrons. The molecule has 0 atom stereocenters. The molecule has 2 N–H and O–H groups in total. The van der Waals surface area contributed by atoms with Gasteiger partial charge in [0.2, 0.25) is 5.88 Å². The van der Waals surface area contributed by atoms with E-state index in [9.17, 15) is 15.0 Å². The minimum atomic E-state index is -1.23. The van der Waals surface area contributed by atoms with Crippen LogP contribution in [0.2, 0.25) is 0 Å². The maximum absolute atomic E-state index is 12.0. The molecular formula is C24H20N2O3. The van der Waals surface area contributed by atoms with Crippen molar-refractivity contribution in [3.8, 4) is 17.1 Å². The van der Waals surface area contributed by atoms with Gasteiger partial charge in [0.15, 0.2) is 0 Å². The molecule has 0 saturated heterocycles. The second-order valence-electron chi connectivity index (χ2n) is 7.60. The number of fused-ring (bicyclic) bond motifs is 5. The van der Waals surface area contributed by atoms with Crippen LogP contribution in [0, 0.1) is 6.92 Å². The Bertz CT molecular complexity index is 1310. The summed E-state index contributed by atoms with van der Waals surface area (Å²) >= 11 is 0. The van der Waals surface area contributed by atoms with Crippen molar-refractivity contribution in [2.24, 2.45) is 0 Å². The average molecular weight is 384 g/mol. The third-order valence-corrected chi connectivity index (χ3v) is 5.82. The number of nitrogens with zero attached hydrogens (tertiary/aromatic N) is 2. The van der Waals surface area contributed by atoms with Crippen LogP contribution < -0.4 is 0 Å². The second-order valence-corrected chi connectivity index (χ2v) is 7.60. The molecule has 0 aliphatic heterocycles. The first-order chi connectivity index (χ1) is 14.0. The van der Waals surface area contributed by atoms with Crippen molar-refractivity contribution >= 4 is 27.5 Å². The summed E-state index contributed by atoms with van der Waals surface area (Å²) in [6.45, 7) is 1.66. The molecule has 0 saturated carbocycles. The van der Waals surface area contributed by atoms with Gasteiger partial charge in [0.1, 0.15) is 11.4 Å². The van der Waals surface area contributed by atoms with E-state index in [2.05, 4.69) is 28.2 Å². The van der Waals surface area contributed by atoms with E-state index in [1.54, 1.807) is 6.92 Å². The monoisotopic (exact) mass is 384 g/mol. The molecule has 0 bridgehead atoms. The van der Waals surface area contributed by atoms with Crippen LogP contribution in [0.1, 0.15) is 40.2 Å². The summed E-state index contributed by atoms with van der Waals surface area (Å²) in [5.74, 6) is -1.39. The standard InChI is InChI=1S/C24H20N2O3/c1-13-25-22(21(24(28)29)23(27)26-13)19-12-15-7-3-4-8-16(15)18-11-10-14-6-2-5-9-17(14)20(18)19/h3-4,7-8,10-12H,2,5-6,9H2,1H3,(H,28,29)(H,25,26,27). The molecule has 1 aromatic heterocycles. The number of rotatable bonds is 2. The van der Waals surface area contributed by atoms with Gasteiger partial charge in [0.25, 0.3) is 0 Å². The number of aromatic carboxylic acids is 1. The van der Waals surface area contributed by atoms with E-state index in [0.717, 1.165) is 52.8 Å². The van der Waals surface area contributed by atoms with E-state index in [1.165, 1.54) is 11.1 Å². The number of benzene rings is 3. The van der Waals surface area contributed by atoms with Crippen molar-refractivity contribution in [1.29, 1.82) is 0 Å². The Hall–Kier alpha value is -3.47. The number of carbonyl (C=O) groups is 1. The highest BCUT2D eigenvalue weighted by atomic mass is 16.4. The summed E-state index contributed by atoms with van der Waals surface area (Å²) in [5.41, 5.74) is 3.35. The molecule has 1 heterocycles. The Morgan fingerprint density at radius 3 is 2.62 bits per heavy atom. The molecule has 29 heavy (non-hydrogen) atoms. The molecule has 0 amide bonds. The van der Waals surface area contributed by atoms with Crippen molar-refractivity contribution in [3.05, 3.63) is 65.0 Å². The first kappa shape index (κ1) is 17.6. The molecule has 0 unspecified atom stereocenters. The van der Waals surface area contributed by atoms with Crippen LogP contribution >= 0.6 is 0 Å². The van der Waals surface area contributed by atoms with Gasteiger partial charge in [-0.15, -0.1) is 0 Å². The molecule has 0 fully saturated rings. The van der Waals surface area contributed by atoms with Gasteiger partial charge in [0.05, 0.1) is 5.69 Å². The third-order valence-electron chi connectivity index (χ3n) is 5.82. The lowest BCUT2D eigenvalue weighted by molar-refractivity contribution is 0.0693. The number of carboxylic acid groups (broad SMARTS) is 1. The van der Waals surface area contributed by atoms with Crippen LogP contribution in [0.25, 0.3) is 32.8 Å². The Balaban J connectivity index is 2.00. The molecular weight excluding hydrogens is 364 g/mol. The minimum absolute atomic E-state index is 0.249. The van der Waals surface area contributed by atoms with E-state index in [-0.39, 0.29) is 11.3 Å². The van der Waals surface area contributed by atoms with Gasteiger partial charge in [-0.3, -0.25) is 0 Å². The molecule has 4 aromatic rings. The Labute approximate surface area is 167 Å². The summed E-state index contributed by atoms with van der Waals surface area (Å²) in [7, 11) is 0. The molecule has 1 aliphatic carbocycles. The minimum Gasteiger partial charge on any atom is -0.493 e. The summed E-state index contributed by atoms with van der Waals surface area (Å²) < 4.78 is 0. The number of hydrogen-bond acceptors (Lipinski definition) is 4. The third kappa shape index (κ3) is 2.73. The van der Waals surface area contributed by atoms with E-state index in [0.29, 0.717) is 5.82 Å². The van der Waals surface area contributed by atoms with Gasteiger partial charge in [-0.2, -0.15) is 4.98 Å². The predicted molar refractivity (Wildman–Crippen MR) is 112 cm³/mol. The SMILES string of the molecule is Cc1nc(O)c(C(=O)O)c(-c2cc3ccccc3c3ccc4c(c23)CCCC4)n1. The van der Waals surface area contributed by atoms with Crippen molar-refractivity contribution in [3.63, 3.8) is 0 Å². The number of aromatic nitrogens is 2. The lowest BCUT2D eigenvalue weighted by Gasteiger charge is -2.21. The molecule has 3 aromatic carbocycles. The number of aromatic hydroxyl groups is 1. The highest BCUT2D eigenvalue weighted by Crippen LogP contribution is 2.41. The smallest absolute Gasteiger partial charge is 0.343 e. The molecule has 5 rings (SSSR count). The predicted octanol–water partition coefficient (Wildman–Crippen LogP) is 5.04. The van der Waals surface area contributed by atoms with Crippen LogP contribution in [0.15, 0.2) is 42.5 Å². The van der Waals surface area contributed by atoms with Crippen molar-refractivity contribution in [1.82, 2.24) is 9.97 Å². The van der Waals surface area contributed by atoms with Crippen molar-refractivity contribution < 1.29 is 15.0 Å². The van der Waals surface area contributed by atoms with Crippen LogP contribution in [0.4, 0.5) is 0 Å². The summed E-state index contributed by atoms with van der Waals surface area (Å²) in [6, 6.07) is 14.4. The molecule has 5 nitrogen and oxygen atoms in total. The topological polar surface area (TPSA) is 83.3 Å². The fourth-order valence-corrected chi connectivity index (χ4v) is 4.59. The lowest BCUT2D eigenvalue weighted by atomic mass is 9.83. The van der Waals surface area contributed by atoms with Crippen LogP contribution in [0.5, 0.6) is 5.88 Å². The second kappa shape index (κ2) is 6.55. The fraction of sp³-hybridized carbons (Fsp3) is 0.208. The maximum Gasteiger partial charge on any atom is 0.343 e. The largest absolute Gasteiger partial charge is 0.493 e. The molecule has 1 aliphatic rings. The van der Waals surface area contributed by atoms with Gasteiger partial charge >= 0.3 is 5.97 Å². The van der Waals surface area contributed by atoms with Crippen LogP contribution in [-0.2, 0) is 12.8 Å². The van der Waals surface area contributed by atoms with Crippen LogP contribution in [-0.4, -0.2) is 26.2 Å². The van der Waals surface area contributed by atoms with E-state index < -0.39 is 11.8 Å². The van der Waals surface area contributed by atoms with Gasteiger partial charge in [-0.25, -0.2) is 9.78 Å². The summed E-state index contributed by atoms with van der Waals surface area (Å²) in [5, 5.41) is 24.4. The molecule has 5 heteroatoms. The van der Waals surface area contributed by atoms with Gasteiger partial charge in [-0.05, 0) is 71.3 Å². The van der Waals surface area contributed by atoms with Crippen LogP contribution in [0.3, 0.4) is 0 Å². The van der Waals surface area contributed by atoms with Gasteiger partial charge < -0.3 is 10.2 Å². The Morgan fingerprint density at radius 2 is 1.79 bits per heavy atom. The zero-order valence-corrected chi connectivity index (χ0v) is 16.1. The number of hydrogen-bond donors (Lipinski definition) is 2. The zero-order valence-electron chi connectivity index (χ0n) is 16.1. The van der Waals surface area contributed by atoms with E-state index in [1.807, 2.05) is 24.3 Å². The highest BCUT2D eigenvalue weighted by molar-refractivity contribution is 6.16. The number of aryl methyl sites for hydroxylation is 3. The normalized spacial score (nSPS) is 13.6. The lowest BCUT2D eigenvalue weighted by Crippen LogP contribution is -2.08. The maximum atomic E-state index is 12.0. The summed E-state index contributed by atoms with van der Waals surface area (Å²) in [4.78, 5) is 20.3. The molecule has 144 valence electrons. The summed E-state index contributed by atoms with van der Waals surface area (Å²) in [6.07, 6.45) is 4.25. The van der Waals surface area contributed by atoms with Crippen molar-refractivity contribution in [2.75, 3.05) is 0 Å². The van der Waals surface area contributed by atoms with Gasteiger partial charge in [-0.1, -0.05) is 36.4 Å². The van der Waals surface area contributed by atoms with Gasteiger partial charge in [0, 0.05) is 5.56 Å². The first-order valence-corrected chi connectivity index (χ1v) is 9.82. The number of carboxylic acids is 1. The molecule has 0 spiro atoms.